The highest BCUT2D eigenvalue weighted by molar-refractivity contribution is 5.81. The molecule has 0 aliphatic carbocycles. The number of ether oxygens (including phenoxy) is 2. The highest BCUT2D eigenvalue weighted by Gasteiger charge is 2.26. The van der Waals surface area contributed by atoms with Gasteiger partial charge in [-0.2, -0.15) is 0 Å². The van der Waals surface area contributed by atoms with Crippen LogP contribution in [0.15, 0.2) is 18.2 Å². The molecule has 1 heterocycles. The third-order valence-electron chi connectivity index (χ3n) is 3.53. The first-order valence-electron chi connectivity index (χ1n) is 7.14. The lowest BCUT2D eigenvalue weighted by Gasteiger charge is -2.27. The highest BCUT2D eigenvalue weighted by atomic mass is 19.1. The molecule has 2 rings (SSSR count). The van der Waals surface area contributed by atoms with Gasteiger partial charge in [0.15, 0.2) is 0 Å². The molecule has 0 aromatic heterocycles. The second kappa shape index (κ2) is 7.98. The monoisotopic (exact) mass is 328 g/mol. The standard InChI is InChI=1S/C15H18F2N2O4/c1-22-15(21)14(11-8-10(16)2-3-12(11)17)18-9-13(20)19-4-6-23-7-5-19/h2-3,8,14,18H,4-7,9H2,1H3. The minimum absolute atomic E-state index is 0.199. The molecule has 0 radical (unpaired) electrons. The second-order valence-electron chi connectivity index (χ2n) is 5.00. The SMILES string of the molecule is COC(=O)C(NCC(=O)N1CCOCC1)c1cc(F)ccc1F. The van der Waals surface area contributed by atoms with E-state index < -0.39 is 23.6 Å². The van der Waals surface area contributed by atoms with Gasteiger partial charge in [0.1, 0.15) is 17.7 Å². The summed E-state index contributed by atoms with van der Waals surface area (Å²) in [6.45, 7) is 1.61. The largest absolute Gasteiger partial charge is 0.468 e. The fourth-order valence-electron chi connectivity index (χ4n) is 2.29. The molecule has 1 saturated heterocycles. The van der Waals surface area contributed by atoms with Crippen LogP contribution in [0.1, 0.15) is 11.6 Å². The summed E-state index contributed by atoms with van der Waals surface area (Å²) in [5.74, 6) is -2.49. The first-order valence-corrected chi connectivity index (χ1v) is 7.14. The van der Waals surface area contributed by atoms with Crippen LogP contribution in [0.25, 0.3) is 0 Å². The number of carbonyl (C=O) groups excluding carboxylic acids is 2. The molecule has 0 bridgehead atoms. The van der Waals surface area contributed by atoms with Crippen LogP contribution >= 0.6 is 0 Å². The van der Waals surface area contributed by atoms with Gasteiger partial charge in [-0.25, -0.2) is 13.6 Å². The van der Waals surface area contributed by atoms with Gasteiger partial charge in [0.05, 0.1) is 26.9 Å². The molecule has 6 nitrogen and oxygen atoms in total. The Labute approximate surface area is 132 Å². The van der Waals surface area contributed by atoms with Crippen molar-refractivity contribution in [2.45, 2.75) is 6.04 Å². The predicted molar refractivity (Wildman–Crippen MR) is 76.5 cm³/mol. The van der Waals surface area contributed by atoms with Crippen LogP contribution in [0.5, 0.6) is 0 Å². The van der Waals surface area contributed by atoms with Crippen LogP contribution in [0, 0.1) is 11.6 Å². The smallest absolute Gasteiger partial charge is 0.327 e. The normalized spacial score (nSPS) is 16.0. The molecule has 1 unspecified atom stereocenters. The maximum absolute atomic E-state index is 13.9. The van der Waals surface area contributed by atoms with Crippen molar-refractivity contribution in [2.24, 2.45) is 0 Å². The lowest BCUT2D eigenvalue weighted by Crippen LogP contribution is -2.46. The zero-order valence-corrected chi connectivity index (χ0v) is 12.7. The Balaban J connectivity index is 2.08. The Morgan fingerprint density at radius 3 is 2.70 bits per heavy atom. The van der Waals surface area contributed by atoms with Crippen LogP contribution < -0.4 is 5.32 Å². The van der Waals surface area contributed by atoms with Crippen molar-refractivity contribution < 1.29 is 27.8 Å². The summed E-state index contributed by atoms with van der Waals surface area (Å²) in [6, 6.07) is 1.52. The van der Waals surface area contributed by atoms with Gasteiger partial charge in [-0.15, -0.1) is 0 Å². The van der Waals surface area contributed by atoms with Crippen LogP contribution in [0.2, 0.25) is 0 Å². The second-order valence-corrected chi connectivity index (χ2v) is 5.00. The van der Waals surface area contributed by atoms with Crippen LogP contribution in [0.4, 0.5) is 8.78 Å². The molecule has 1 atom stereocenters. The van der Waals surface area contributed by atoms with E-state index in [1.54, 1.807) is 4.90 Å². The number of carbonyl (C=O) groups is 2. The Hall–Kier alpha value is -2.06. The average Bonchev–Trinajstić information content (AvgIpc) is 2.58. The van der Waals surface area contributed by atoms with Gasteiger partial charge in [-0.05, 0) is 18.2 Å². The van der Waals surface area contributed by atoms with Gasteiger partial charge < -0.3 is 14.4 Å². The molecular weight excluding hydrogens is 310 g/mol. The van der Waals surface area contributed by atoms with Gasteiger partial charge in [0.25, 0.3) is 0 Å². The van der Waals surface area contributed by atoms with E-state index in [0.717, 1.165) is 25.3 Å². The van der Waals surface area contributed by atoms with Crippen molar-refractivity contribution in [1.29, 1.82) is 0 Å². The fraction of sp³-hybridized carbons (Fsp3) is 0.467. The zero-order chi connectivity index (χ0) is 16.8. The number of nitrogens with one attached hydrogen (secondary N) is 1. The van der Waals surface area contributed by atoms with Gasteiger partial charge in [-0.1, -0.05) is 0 Å². The Kier molecular flexibility index (Phi) is 6.00. The molecule has 1 amide bonds. The van der Waals surface area contributed by atoms with E-state index in [1.165, 1.54) is 0 Å². The molecule has 23 heavy (non-hydrogen) atoms. The molecule has 0 saturated carbocycles. The number of benzene rings is 1. The lowest BCUT2D eigenvalue weighted by molar-refractivity contribution is -0.143. The van der Waals surface area contributed by atoms with Crippen molar-refractivity contribution in [3.63, 3.8) is 0 Å². The Morgan fingerprint density at radius 1 is 1.35 bits per heavy atom. The number of nitrogens with zero attached hydrogens (tertiary/aromatic N) is 1. The number of esters is 1. The summed E-state index contributed by atoms with van der Waals surface area (Å²) in [4.78, 5) is 25.5. The van der Waals surface area contributed by atoms with Gasteiger partial charge in [0.2, 0.25) is 5.91 Å². The number of amides is 1. The molecule has 1 aromatic rings. The van der Waals surface area contributed by atoms with Gasteiger partial charge in [-0.3, -0.25) is 10.1 Å². The van der Waals surface area contributed by atoms with Crippen molar-refractivity contribution in [2.75, 3.05) is 40.0 Å². The van der Waals surface area contributed by atoms with E-state index in [2.05, 4.69) is 10.1 Å². The van der Waals surface area contributed by atoms with E-state index in [9.17, 15) is 18.4 Å². The highest BCUT2D eigenvalue weighted by Crippen LogP contribution is 2.19. The summed E-state index contributed by atoms with van der Waals surface area (Å²) in [6.07, 6.45) is 0. The van der Waals surface area contributed by atoms with E-state index in [1.807, 2.05) is 0 Å². The average molecular weight is 328 g/mol. The molecule has 1 fully saturated rings. The third kappa shape index (κ3) is 4.46. The predicted octanol–water partition coefficient (Wildman–Crippen LogP) is 0.627. The minimum Gasteiger partial charge on any atom is -0.468 e. The van der Waals surface area contributed by atoms with Crippen molar-refractivity contribution in [3.8, 4) is 0 Å². The number of methoxy groups -OCH3 is 1. The number of rotatable bonds is 5. The summed E-state index contributed by atoms with van der Waals surface area (Å²) < 4.78 is 37.0. The van der Waals surface area contributed by atoms with E-state index in [0.29, 0.717) is 26.3 Å². The van der Waals surface area contributed by atoms with Crippen molar-refractivity contribution in [3.05, 3.63) is 35.4 Å². The zero-order valence-electron chi connectivity index (χ0n) is 12.7. The summed E-state index contributed by atoms with van der Waals surface area (Å²) >= 11 is 0. The number of morpholine rings is 1. The fourth-order valence-corrected chi connectivity index (χ4v) is 2.29. The van der Waals surface area contributed by atoms with E-state index in [4.69, 9.17) is 4.74 Å². The Bertz CT molecular complexity index is 577. The molecular formula is C15H18F2N2O4. The minimum atomic E-state index is -1.26. The molecule has 1 aliphatic rings. The van der Waals surface area contributed by atoms with E-state index >= 15 is 0 Å². The summed E-state index contributed by atoms with van der Waals surface area (Å²) in [5, 5.41) is 2.64. The Morgan fingerprint density at radius 2 is 2.04 bits per heavy atom. The quantitative estimate of drug-likeness (QED) is 0.803. The number of hydrogen-bond acceptors (Lipinski definition) is 5. The molecule has 1 aromatic carbocycles. The molecule has 8 heteroatoms. The van der Waals surface area contributed by atoms with Gasteiger partial charge in [0, 0.05) is 18.7 Å². The summed E-state index contributed by atoms with van der Waals surface area (Å²) in [7, 11) is 1.14. The maximum atomic E-state index is 13.9. The molecule has 0 spiro atoms. The number of hydrogen-bond donors (Lipinski definition) is 1. The van der Waals surface area contributed by atoms with Gasteiger partial charge >= 0.3 is 5.97 Å². The van der Waals surface area contributed by atoms with Crippen molar-refractivity contribution >= 4 is 11.9 Å². The van der Waals surface area contributed by atoms with Crippen LogP contribution in [-0.4, -0.2) is 56.7 Å². The van der Waals surface area contributed by atoms with Crippen LogP contribution in [0.3, 0.4) is 0 Å². The number of halogens is 2. The molecule has 1 aliphatic heterocycles. The third-order valence-corrected chi connectivity index (χ3v) is 3.53. The molecule has 126 valence electrons. The lowest BCUT2D eigenvalue weighted by atomic mass is 10.1. The first-order chi connectivity index (χ1) is 11.0. The maximum Gasteiger partial charge on any atom is 0.327 e. The first kappa shape index (κ1) is 17.3. The van der Waals surface area contributed by atoms with Crippen LogP contribution in [-0.2, 0) is 19.1 Å². The van der Waals surface area contributed by atoms with Crippen molar-refractivity contribution in [1.82, 2.24) is 10.2 Å². The molecule has 1 N–H and O–H groups in total. The summed E-state index contributed by atoms with van der Waals surface area (Å²) in [5.41, 5.74) is -0.202. The topological polar surface area (TPSA) is 67.9 Å². The van der Waals surface area contributed by atoms with E-state index in [-0.39, 0.29) is 18.0 Å².